The van der Waals surface area contributed by atoms with Crippen LogP contribution in [-0.2, 0) is 15.2 Å². The molecule has 6 aliphatic rings. The molecule has 6 saturated heterocycles. The van der Waals surface area contributed by atoms with Crippen LogP contribution in [0.5, 0.6) is 11.5 Å². The summed E-state index contributed by atoms with van der Waals surface area (Å²) in [6.07, 6.45) is 11.2. The third-order valence-electron chi connectivity index (χ3n) is 11.6. The number of carbonyl (C=O) groups excluding carboxylic acids is 1. The Hall–Kier alpha value is -3.28. The number of carbonyl (C=O) groups is 1. The summed E-state index contributed by atoms with van der Waals surface area (Å²) in [5, 5.41) is 24.3. The Morgan fingerprint density at radius 1 is 0.776 bits per heavy atom. The molecule has 4 N–H and O–H groups in total. The van der Waals surface area contributed by atoms with E-state index in [2.05, 4.69) is 45.1 Å². The van der Waals surface area contributed by atoms with Gasteiger partial charge in [0, 0.05) is 48.3 Å². The molecule has 2 unspecified atom stereocenters. The second-order valence-corrected chi connectivity index (χ2v) is 16.2. The molecule has 2 aromatic carbocycles. The summed E-state index contributed by atoms with van der Waals surface area (Å²) in [5.41, 5.74) is 3.69. The first-order valence-electron chi connectivity index (χ1n) is 19.3. The zero-order valence-electron chi connectivity index (χ0n) is 35.1. The van der Waals surface area contributed by atoms with Gasteiger partial charge in [-0.2, -0.15) is 8.42 Å². The van der Waals surface area contributed by atoms with Crippen LogP contribution in [0.15, 0.2) is 86.2 Å². The van der Waals surface area contributed by atoms with Gasteiger partial charge in [0.1, 0.15) is 17.3 Å². The molecular weight excluding hydrogens is 772 g/mol. The fourth-order valence-electron chi connectivity index (χ4n) is 8.89. The molecule has 0 amide bonds. The molecule has 6 aliphatic heterocycles. The van der Waals surface area contributed by atoms with Gasteiger partial charge in [-0.3, -0.25) is 28.9 Å². The first kappa shape index (κ1) is 47.4. The van der Waals surface area contributed by atoms with E-state index in [-0.39, 0.29) is 48.9 Å². The molecule has 8 heterocycles. The van der Waals surface area contributed by atoms with Crippen LogP contribution in [0.2, 0.25) is 0 Å². The predicted molar refractivity (Wildman–Crippen MR) is 222 cm³/mol. The van der Waals surface area contributed by atoms with Gasteiger partial charge in [0.25, 0.3) is 0 Å². The Balaban J connectivity index is 0.000000255. The molecular formula is C43H57N4NaO9S. The van der Waals surface area contributed by atoms with Crippen LogP contribution in [0.25, 0.3) is 21.8 Å². The van der Waals surface area contributed by atoms with E-state index in [0.717, 1.165) is 83.5 Å². The fraction of sp³-hybridized carbons (Fsp3) is 0.465. The summed E-state index contributed by atoms with van der Waals surface area (Å²) in [4.78, 5) is 23.2. The normalized spacial score (nSPS) is 26.5. The number of fused-ring (bicyclic) bond motifs is 8. The number of ketones is 1. The fourth-order valence-corrected chi connectivity index (χ4v) is 8.89. The average molecular weight is 829 g/mol. The Morgan fingerprint density at radius 3 is 1.43 bits per heavy atom. The molecule has 58 heavy (non-hydrogen) atoms. The maximum Gasteiger partial charge on any atom is 1.00 e. The average Bonchev–Trinajstić information content (AvgIpc) is 3.21. The molecule has 0 radical (unpaired) electrons. The molecule has 2 aromatic heterocycles. The molecule has 10 rings (SSSR count). The van der Waals surface area contributed by atoms with Crippen LogP contribution in [0, 0.1) is 23.7 Å². The van der Waals surface area contributed by atoms with E-state index < -0.39 is 22.6 Å². The van der Waals surface area contributed by atoms with E-state index in [1.165, 1.54) is 26.7 Å². The van der Waals surface area contributed by atoms with Crippen LogP contribution in [0.1, 0.15) is 64.3 Å². The van der Waals surface area contributed by atoms with Gasteiger partial charge in [-0.1, -0.05) is 12.2 Å². The van der Waals surface area contributed by atoms with Crippen LogP contribution in [-0.4, -0.2) is 106 Å². The van der Waals surface area contributed by atoms with E-state index >= 15 is 0 Å². The van der Waals surface area contributed by atoms with Crippen molar-refractivity contribution in [3.05, 3.63) is 97.4 Å². The van der Waals surface area contributed by atoms with Crippen LogP contribution in [0.3, 0.4) is 0 Å². The number of hydrogen-bond acceptors (Lipinski definition) is 11. The SMILES string of the molecule is C=C[C@H]1CN2CC[C@H]1C[C@H]2[C@H](O)c1ccnc2ccc(OC)cc12.C=C[C@H]1CN2CC[C@H]1C[C@H]2[C@H](O)c1ccnc2ccc(OC)cc12.CC(C)=O.O=S(=O)(O)O.[H-].[Na+]. The first-order valence-corrected chi connectivity index (χ1v) is 20.7. The van der Waals surface area contributed by atoms with E-state index in [4.69, 9.17) is 27.0 Å². The minimum Gasteiger partial charge on any atom is -1.00 e. The van der Waals surface area contributed by atoms with Crippen molar-refractivity contribution in [2.45, 2.75) is 63.8 Å². The summed E-state index contributed by atoms with van der Waals surface area (Å²) < 4.78 is 42.3. The molecule has 0 aliphatic carbocycles. The quantitative estimate of drug-likeness (QED) is 0.115. The number of Topliss-reactive ketones (excluding diaryl/α,β-unsaturated/α-hetero) is 1. The molecule has 10 atom stereocenters. The minimum atomic E-state index is -4.67. The number of hydrogen-bond donors (Lipinski definition) is 4. The number of aliphatic hydroxyl groups is 2. The van der Waals surface area contributed by atoms with Crippen LogP contribution >= 0.6 is 0 Å². The van der Waals surface area contributed by atoms with Gasteiger partial charge in [-0.25, -0.2) is 0 Å². The second kappa shape index (κ2) is 21.3. The number of ether oxygens (including phenoxy) is 2. The first-order chi connectivity index (χ1) is 27.1. The third kappa shape index (κ3) is 11.9. The summed E-state index contributed by atoms with van der Waals surface area (Å²) >= 11 is 0. The number of rotatable bonds is 8. The molecule has 13 nitrogen and oxygen atoms in total. The van der Waals surface area contributed by atoms with E-state index in [0.29, 0.717) is 23.7 Å². The Kier molecular flexibility index (Phi) is 17.4. The standard InChI is InChI=1S/2C20H24N2O2.C3H6O.Na.H2O4S.H/c2*1-3-13-12-22-9-7-14(13)10-19(22)20(23)16-6-8-21-18-5-4-15(24-2)11-17(16)18;1-3(2)4;;1-5(2,3)4;/h2*3-6,8,11,13-14,19-20,23H,1,7,9-10,12H2,2H3;1-2H3;;(H2,1,2,3,4);/q;;;+1;;-1/t2*13-,14-,19-,20+;;;;/m00..../s1. The maximum atomic E-state index is 11.2. The second-order valence-electron chi connectivity index (χ2n) is 15.3. The molecule has 310 valence electrons. The van der Waals surface area contributed by atoms with Gasteiger partial charge < -0.3 is 25.9 Å². The number of methoxy groups -OCH3 is 2. The number of nitrogens with zero attached hydrogens (tertiary/aromatic N) is 4. The third-order valence-corrected chi connectivity index (χ3v) is 11.6. The summed E-state index contributed by atoms with van der Waals surface area (Å²) in [6.45, 7) is 15.2. The minimum absolute atomic E-state index is 0. The van der Waals surface area contributed by atoms with Gasteiger partial charge in [-0.15, -0.1) is 13.2 Å². The van der Waals surface area contributed by atoms with E-state index in [1.807, 2.05) is 48.5 Å². The Bertz CT molecular complexity index is 2010. The molecule has 4 aromatic rings. The number of aromatic nitrogens is 2. The number of benzene rings is 2. The van der Waals surface area contributed by atoms with Gasteiger partial charge in [0.05, 0.1) is 37.5 Å². The van der Waals surface area contributed by atoms with Gasteiger partial charge in [0.2, 0.25) is 0 Å². The van der Waals surface area contributed by atoms with Crippen LogP contribution in [0.4, 0.5) is 0 Å². The largest absolute Gasteiger partial charge is 1.00 e. The Labute approximate surface area is 365 Å². The van der Waals surface area contributed by atoms with Crippen molar-refractivity contribution in [1.29, 1.82) is 0 Å². The molecule has 0 spiro atoms. The van der Waals surface area contributed by atoms with Gasteiger partial charge >= 0.3 is 40.0 Å². The van der Waals surface area contributed by atoms with E-state index in [1.54, 1.807) is 26.6 Å². The van der Waals surface area contributed by atoms with E-state index in [9.17, 15) is 15.0 Å². The van der Waals surface area contributed by atoms with Gasteiger partial charge in [0.15, 0.2) is 0 Å². The molecule has 15 heteroatoms. The summed E-state index contributed by atoms with van der Waals surface area (Å²) in [5.74, 6) is 4.18. The topological polar surface area (TPSA) is 183 Å². The molecule has 6 fully saturated rings. The van der Waals surface area contributed by atoms with Crippen molar-refractivity contribution in [1.82, 2.24) is 19.8 Å². The summed E-state index contributed by atoms with van der Waals surface area (Å²) in [6, 6.07) is 15.9. The van der Waals surface area contributed by atoms with Gasteiger partial charge in [-0.05, 0) is 136 Å². The van der Waals surface area contributed by atoms with Crippen molar-refractivity contribution >= 4 is 38.0 Å². The zero-order valence-corrected chi connectivity index (χ0v) is 37.0. The summed E-state index contributed by atoms with van der Waals surface area (Å²) in [7, 11) is -1.34. The Morgan fingerprint density at radius 2 is 1.14 bits per heavy atom. The molecule has 4 bridgehead atoms. The zero-order chi connectivity index (χ0) is 41.4. The smallest absolute Gasteiger partial charge is 1.00 e. The maximum absolute atomic E-state index is 11.2. The van der Waals surface area contributed by atoms with Crippen molar-refractivity contribution in [2.75, 3.05) is 40.4 Å². The van der Waals surface area contributed by atoms with Crippen molar-refractivity contribution < 1.29 is 73.0 Å². The van der Waals surface area contributed by atoms with Crippen LogP contribution < -0.4 is 39.0 Å². The van der Waals surface area contributed by atoms with Crippen molar-refractivity contribution in [3.63, 3.8) is 0 Å². The predicted octanol–water partition coefficient (Wildman–Crippen LogP) is 3.41. The van der Waals surface area contributed by atoms with Crippen molar-refractivity contribution in [2.24, 2.45) is 23.7 Å². The number of aliphatic hydroxyl groups excluding tert-OH is 2. The number of pyridine rings is 2. The van der Waals surface area contributed by atoms with Crippen molar-refractivity contribution in [3.8, 4) is 11.5 Å². The molecule has 0 saturated carbocycles. The monoisotopic (exact) mass is 828 g/mol. The number of piperidine rings is 6.